The molecule has 29 heavy (non-hydrogen) atoms. The Bertz CT molecular complexity index is 836. The van der Waals surface area contributed by atoms with Gasteiger partial charge in [0.2, 0.25) is 5.91 Å². The second-order valence-corrected chi connectivity index (χ2v) is 8.96. The summed E-state index contributed by atoms with van der Waals surface area (Å²) in [7, 11) is 1.61. The summed E-state index contributed by atoms with van der Waals surface area (Å²) in [6.07, 6.45) is 8.30. The van der Waals surface area contributed by atoms with E-state index in [1.807, 2.05) is 6.07 Å². The zero-order valence-electron chi connectivity index (χ0n) is 16.5. The second kappa shape index (κ2) is 10.6. The van der Waals surface area contributed by atoms with Gasteiger partial charge in [-0.15, -0.1) is 11.3 Å². The van der Waals surface area contributed by atoms with Crippen molar-refractivity contribution in [2.75, 3.05) is 12.4 Å². The largest absolute Gasteiger partial charge is 0.365 e. The normalized spacial score (nSPS) is 15.5. The lowest BCUT2D eigenvalue weighted by Gasteiger charge is -2.26. The molecule has 1 aliphatic carbocycles. The Kier molecular flexibility index (Phi) is 7.89. The zero-order chi connectivity index (χ0) is 20.6. The van der Waals surface area contributed by atoms with Gasteiger partial charge in [0.05, 0.1) is 11.4 Å². The third kappa shape index (κ3) is 6.44. The molecule has 0 bridgehead atoms. The first kappa shape index (κ1) is 21.6. The highest BCUT2D eigenvalue weighted by molar-refractivity contribution is 7.14. The average Bonchev–Trinajstić information content (AvgIpc) is 3.21. The van der Waals surface area contributed by atoms with Crippen LogP contribution in [-0.2, 0) is 11.3 Å². The molecule has 3 rings (SSSR count). The van der Waals surface area contributed by atoms with Crippen LogP contribution in [0.4, 0.5) is 5.82 Å². The Balaban J connectivity index is 1.57. The lowest BCUT2D eigenvalue weighted by atomic mass is 9.84. The molecule has 2 aromatic rings. The smallest absolute Gasteiger partial charge is 0.262 e. The number of rotatable bonds is 8. The van der Waals surface area contributed by atoms with Crippen LogP contribution >= 0.6 is 22.9 Å². The molecular weight excluding hydrogens is 408 g/mol. The van der Waals surface area contributed by atoms with Gasteiger partial charge in [0.25, 0.3) is 5.91 Å². The lowest BCUT2D eigenvalue weighted by molar-refractivity contribution is -0.123. The fraction of sp³-hybridized carbons (Fsp3) is 0.476. The van der Waals surface area contributed by atoms with Gasteiger partial charge in [-0.05, 0) is 36.6 Å². The Morgan fingerprint density at radius 2 is 2.03 bits per heavy atom. The number of carbonyl (C=O) groups is 2. The SMILES string of the molecule is CNC(=O)[C@H](CC1CCCCC1)NC(=O)c1ccc(CNc2cc(Cl)ccn2)s1. The van der Waals surface area contributed by atoms with Gasteiger partial charge in [0.15, 0.2) is 0 Å². The first-order valence-corrected chi connectivity index (χ1v) is 11.2. The average molecular weight is 435 g/mol. The topological polar surface area (TPSA) is 83.1 Å². The molecule has 0 aromatic carbocycles. The van der Waals surface area contributed by atoms with E-state index in [0.29, 0.717) is 34.6 Å². The molecule has 0 aliphatic heterocycles. The number of hydrogen-bond acceptors (Lipinski definition) is 5. The molecule has 1 aliphatic rings. The van der Waals surface area contributed by atoms with Gasteiger partial charge >= 0.3 is 0 Å². The standard InChI is InChI=1S/C21H27ClN4O2S/c1-23-20(27)17(11-14-5-3-2-4-6-14)26-21(28)18-8-7-16(29-18)13-25-19-12-15(22)9-10-24-19/h7-10,12,14,17H,2-6,11,13H2,1H3,(H,23,27)(H,24,25)(H,26,28)/t17-/m0/s1. The van der Waals surface area contributed by atoms with Gasteiger partial charge in [-0.3, -0.25) is 9.59 Å². The van der Waals surface area contributed by atoms with Crippen molar-refractivity contribution in [3.8, 4) is 0 Å². The van der Waals surface area contributed by atoms with Gasteiger partial charge < -0.3 is 16.0 Å². The molecule has 2 amide bonds. The van der Waals surface area contributed by atoms with Gasteiger partial charge in [-0.25, -0.2) is 4.98 Å². The number of pyridine rings is 1. The number of anilines is 1. The summed E-state index contributed by atoms with van der Waals surface area (Å²) >= 11 is 7.37. The number of hydrogen-bond donors (Lipinski definition) is 3. The van der Waals surface area contributed by atoms with Crippen LogP contribution in [0.5, 0.6) is 0 Å². The monoisotopic (exact) mass is 434 g/mol. The van der Waals surface area contributed by atoms with Crippen LogP contribution in [0.1, 0.15) is 53.1 Å². The second-order valence-electron chi connectivity index (χ2n) is 7.36. The summed E-state index contributed by atoms with van der Waals surface area (Å²) in [5.74, 6) is 0.852. The number of nitrogens with zero attached hydrogens (tertiary/aromatic N) is 1. The number of aromatic nitrogens is 1. The van der Waals surface area contributed by atoms with E-state index in [2.05, 4.69) is 20.9 Å². The lowest BCUT2D eigenvalue weighted by Crippen LogP contribution is -2.46. The molecule has 0 unspecified atom stereocenters. The molecule has 2 heterocycles. The van der Waals surface area contributed by atoms with Gasteiger partial charge in [0, 0.05) is 23.1 Å². The first-order valence-electron chi connectivity index (χ1n) is 10.0. The molecule has 6 nitrogen and oxygen atoms in total. The van der Waals surface area contributed by atoms with E-state index in [4.69, 9.17) is 11.6 Å². The van der Waals surface area contributed by atoms with Crippen LogP contribution in [0.15, 0.2) is 30.5 Å². The predicted molar refractivity (Wildman–Crippen MR) is 117 cm³/mol. The molecule has 1 atom stereocenters. The Hall–Kier alpha value is -2.12. The van der Waals surface area contributed by atoms with Gasteiger partial charge in [-0.1, -0.05) is 43.7 Å². The minimum atomic E-state index is -0.491. The number of likely N-dealkylation sites (N-methyl/N-ethyl adjacent to an activating group) is 1. The minimum absolute atomic E-state index is 0.130. The van der Waals surface area contributed by atoms with E-state index in [1.54, 1.807) is 31.4 Å². The van der Waals surface area contributed by atoms with E-state index in [0.717, 1.165) is 17.7 Å². The maximum absolute atomic E-state index is 12.7. The van der Waals surface area contributed by atoms with Crippen LogP contribution in [0, 0.1) is 5.92 Å². The molecular formula is C21H27ClN4O2S. The number of carbonyl (C=O) groups excluding carboxylic acids is 2. The highest BCUT2D eigenvalue weighted by Gasteiger charge is 2.26. The molecule has 156 valence electrons. The fourth-order valence-corrected chi connectivity index (χ4v) is 4.68. The maximum Gasteiger partial charge on any atom is 0.262 e. The maximum atomic E-state index is 12.7. The van der Waals surface area contributed by atoms with Crippen molar-refractivity contribution in [2.24, 2.45) is 5.92 Å². The number of nitrogens with one attached hydrogen (secondary N) is 3. The van der Waals surface area contributed by atoms with E-state index >= 15 is 0 Å². The molecule has 3 N–H and O–H groups in total. The first-order chi connectivity index (χ1) is 14.0. The predicted octanol–water partition coefficient (Wildman–Crippen LogP) is 4.22. The van der Waals surface area contributed by atoms with Crippen LogP contribution in [0.3, 0.4) is 0 Å². The van der Waals surface area contributed by atoms with Crippen molar-refractivity contribution < 1.29 is 9.59 Å². The molecule has 8 heteroatoms. The minimum Gasteiger partial charge on any atom is -0.365 e. The Morgan fingerprint density at radius 3 is 2.76 bits per heavy atom. The molecule has 0 saturated heterocycles. The quantitative estimate of drug-likeness (QED) is 0.580. The van der Waals surface area contributed by atoms with E-state index in [9.17, 15) is 9.59 Å². The van der Waals surface area contributed by atoms with Crippen molar-refractivity contribution >= 4 is 40.6 Å². The number of amides is 2. The van der Waals surface area contributed by atoms with Crippen molar-refractivity contribution in [3.05, 3.63) is 45.2 Å². The molecule has 0 spiro atoms. The Labute approximate surface area is 180 Å². The highest BCUT2D eigenvalue weighted by atomic mass is 35.5. The third-order valence-electron chi connectivity index (χ3n) is 5.21. The van der Waals surface area contributed by atoms with Crippen LogP contribution < -0.4 is 16.0 Å². The summed E-state index contributed by atoms with van der Waals surface area (Å²) in [5, 5.41) is 9.43. The van der Waals surface area contributed by atoms with Crippen molar-refractivity contribution in [3.63, 3.8) is 0 Å². The van der Waals surface area contributed by atoms with Crippen LogP contribution in [-0.4, -0.2) is 29.9 Å². The Morgan fingerprint density at radius 1 is 1.24 bits per heavy atom. The summed E-state index contributed by atoms with van der Waals surface area (Å²) in [6, 6.07) is 6.69. The van der Waals surface area contributed by atoms with Crippen molar-refractivity contribution in [1.82, 2.24) is 15.6 Å². The molecule has 0 radical (unpaired) electrons. The van der Waals surface area contributed by atoms with E-state index in [-0.39, 0.29) is 11.8 Å². The van der Waals surface area contributed by atoms with Gasteiger partial charge in [-0.2, -0.15) is 0 Å². The summed E-state index contributed by atoms with van der Waals surface area (Å²) < 4.78 is 0. The summed E-state index contributed by atoms with van der Waals surface area (Å²) in [5.41, 5.74) is 0. The van der Waals surface area contributed by atoms with Crippen LogP contribution in [0.25, 0.3) is 0 Å². The number of halogens is 1. The molecule has 1 saturated carbocycles. The summed E-state index contributed by atoms with van der Waals surface area (Å²) in [6.45, 7) is 0.548. The molecule has 2 aromatic heterocycles. The number of thiophene rings is 1. The van der Waals surface area contributed by atoms with E-state index in [1.165, 1.54) is 30.6 Å². The third-order valence-corrected chi connectivity index (χ3v) is 6.53. The van der Waals surface area contributed by atoms with Crippen molar-refractivity contribution in [1.29, 1.82) is 0 Å². The van der Waals surface area contributed by atoms with Gasteiger partial charge in [0.1, 0.15) is 11.9 Å². The summed E-state index contributed by atoms with van der Waals surface area (Å²) in [4.78, 5) is 30.8. The van der Waals surface area contributed by atoms with Crippen LogP contribution in [0.2, 0.25) is 5.02 Å². The zero-order valence-corrected chi connectivity index (χ0v) is 18.1. The fourth-order valence-electron chi connectivity index (χ4n) is 3.67. The van der Waals surface area contributed by atoms with Crippen molar-refractivity contribution in [2.45, 2.75) is 51.1 Å². The highest BCUT2D eigenvalue weighted by Crippen LogP contribution is 2.27. The molecule has 1 fully saturated rings. The van der Waals surface area contributed by atoms with E-state index < -0.39 is 6.04 Å².